The maximum absolute atomic E-state index is 13.6. The number of rotatable bonds is 8. The number of hydrogen-bond acceptors (Lipinski definition) is 4. The largest absolute Gasteiger partial charge is 0.340 e. The highest BCUT2D eigenvalue weighted by atomic mass is 32.2. The van der Waals surface area contributed by atoms with Crippen LogP contribution in [0, 0.1) is 6.92 Å². The molecule has 0 bridgehead atoms. The average molecular weight is 492 g/mol. The van der Waals surface area contributed by atoms with Crippen LogP contribution >= 0.6 is 0 Å². The molecule has 1 heterocycles. The Labute approximate surface area is 206 Å². The van der Waals surface area contributed by atoms with E-state index in [0.717, 1.165) is 29.7 Å². The van der Waals surface area contributed by atoms with Crippen molar-refractivity contribution in [3.05, 3.63) is 95.6 Å². The minimum atomic E-state index is -3.73. The Kier molecular flexibility index (Phi) is 7.63. The molecule has 35 heavy (non-hydrogen) atoms. The summed E-state index contributed by atoms with van der Waals surface area (Å²) in [5.41, 5.74) is 3.60. The van der Waals surface area contributed by atoms with Gasteiger partial charge in [0, 0.05) is 25.2 Å². The van der Waals surface area contributed by atoms with Gasteiger partial charge < -0.3 is 10.2 Å². The van der Waals surface area contributed by atoms with Gasteiger partial charge in [0.2, 0.25) is 15.9 Å². The first kappa shape index (κ1) is 24.6. The third kappa shape index (κ3) is 5.96. The van der Waals surface area contributed by atoms with E-state index < -0.39 is 22.0 Å². The molecule has 8 heteroatoms. The second kappa shape index (κ2) is 10.8. The second-order valence-electron chi connectivity index (χ2n) is 8.59. The van der Waals surface area contributed by atoms with E-state index in [2.05, 4.69) is 10.0 Å². The molecule has 0 aliphatic carbocycles. The van der Waals surface area contributed by atoms with Crippen molar-refractivity contribution in [2.24, 2.45) is 0 Å². The number of carbonyl (C=O) groups excluding carboxylic acids is 2. The smallest absolute Gasteiger partial charge is 0.254 e. The fourth-order valence-electron chi connectivity index (χ4n) is 4.18. The van der Waals surface area contributed by atoms with Gasteiger partial charge in [0.05, 0.1) is 4.90 Å². The molecule has 1 atom stereocenters. The Bertz CT molecular complexity index is 1290. The van der Waals surface area contributed by atoms with Crippen LogP contribution in [0.3, 0.4) is 0 Å². The van der Waals surface area contributed by atoms with Gasteiger partial charge in [-0.3, -0.25) is 9.59 Å². The highest BCUT2D eigenvalue weighted by molar-refractivity contribution is 7.89. The van der Waals surface area contributed by atoms with Crippen molar-refractivity contribution >= 4 is 27.5 Å². The van der Waals surface area contributed by atoms with Crippen molar-refractivity contribution in [3.63, 3.8) is 0 Å². The monoisotopic (exact) mass is 491 g/mol. The summed E-state index contributed by atoms with van der Waals surface area (Å²) in [7, 11) is -3.73. The van der Waals surface area contributed by atoms with Crippen LogP contribution < -0.4 is 14.9 Å². The van der Waals surface area contributed by atoms with Gasteiger partial charge in [-0.25, -0.2) is 13.1 Å². The van der Waals surface area contributed by atoms with Gasteiger partial charge in [-0.1, -0.05) is 66.2 Å². The molecule has 1 aliphatic rings. The molecule has 3 aromatic rings. The van der Waals surface area contributed by atoms with Crippen LogP contribution in [0.15, 0.2) is 83.8 Å². The zero-order chi connectivity index (χ0) is 24.8. The lowest BCUT2D eigenvalue weighted by atomic mass is 9.99. The summed E-state index contributed by atoms with van der Waals surface area (Å²) in [6.07, 6.45) is 1.65. The summed E-state index contributed by atoms with van der Waals surface area (Å²) >= 11 is 0. The highest BCUT2D eigenvalue weighted by Crippen LogP contribution is 2.29. The summed E-state index contributed by atoms with van der Waals surface area (Å²) in [6.45, 7) is 2.37. The van der Waals surface area contributed by atoms with Gasteiger partial charge in [-0.2, -0.15) is 0 Å². The normalized spacial score (nSPS) is 14.1. The molecule has 7 nitrogen and oxygen atoms in total. The van der Waals surface area contributed by atoms with Crippen LogP contribution in [0.5, 0.6) is 0 Å². The van der Waals surface area contributed by atoms with Crippen LogP contribution in [0.25, 0.3) is 0 Å². The molecular weight excluding hydrogens is 462 g/mol. The number of benzene rings is 3. The first-order valence-electron chi connectivity index (χ1n) is 11.6. The molecule has 0 spiro atoms. The van der Waals surface area contributed by atoms with Gasteiger partial charge >= 0.3 is 0 Å². The maximum atomic E-state index is 13.6. The number of anilines is 1. The summed E-state index contributed by atoms with van der Waals surface area (Å²) in [5.74, 6) is -0.624. The number of nitrogens with zero attached hydrogens (tertiary/aromatic N) is 1. The molecule has 0 saturated heterocycles. The molecule has 0 radical (unpaired) electrons. The van der Waals surface area contributed by atoms with Crippen molar-refractivity contribution in [2.75, 3.05) is 18.0 Å². The van der Waals surface area contributed by atoms with Crippen molar-refractivity contribution in [3.8, 4) is 0 Å². The van der Waals surface area contributed by atoms with Gasteiger partial charge in [-0.15, -0.1) is 0 Å². The lowest BCUT2D eigenvalue weighted by molar-refractivity contribution is -0.127. The van der Waals surface area contributed by atoms with Crippen molar-refractivity contribution in [1.82, 2.24) is 10.0 Å². The minimum absolute atomic E-state index is 0.0791. The van der Waals surface area contributed by atoms with E-state index in [1.807, 2.05) is 49.4 Å². The molecule has 2 N–H and O–H groups in total. The predicted octanol–water partition coefficient (Wildman–Crippen LogP) is 3.50. The van der Waals surface area contributed by atoms with E-state index in [1.165, 1.54) is 12.1 Å². The van der Waals surface area contributed by atoms with E-state index in [9.17, 15) is 18.0 Å². The number of nitrogens with one attached hydrogen (secondary N) is 2. The number of hydrogen-bond donors (Lipinski definition) is 2. The first-order chi connectivity index (χ1) is 16.8. The fourth-order valence-corrected chi connectivity index (χ4v) is 5.22. The SMILES string of the molecule is Cc1ccc(S(=O)(=O)NCCC(=O)NC(C(=O)N2CCCc3ccccc32)c2ccccc2)cc1. The van der Waals surface area contributed by atoms with Gasteiger partial charge in [0.15, 0.2) is 0 Å². The van der Waals surface area contributed by atoms with E-state index >= 15 is 0 Å². The summed E-state index contributed by atoms with van der Waals surface area (Å²) in [6, 6.07) is 22.5. The Morgan fingerprint density at radius 3 is 2.37 bits per heavy atom. The minimum Gasteiger partial charge on any atom is -0.340 e. The molecule has 2 amide bonds. The summed E-state index contributed by atoms with van der Waals surface area (Å²) < 4.78 is 27.5. The Balaban J connectivity index is 1.45. The van der Waals surface area contributed by atoms with Gasteiger partial charge in [0.1, 0.15) is 6.04 Å². The topological polar surface area (TPSA) is 95.6 Å². The molecule has 4 rings (SSSR count). The van der Waals surface area contributed by atoms with E-state index in [4.69, 9.17) is 0 Å². The zero-order valence-electron chi connectivity index (χ0n) is 19.6. The lowest BCUT2D eigenvalue weighted by Gasteiger charge is -2.32. The molecule has 0 aromatic heterocycles. The standard InChI is InChI=1S/C27H29N3O4S/c1-20-13-15-23(16-14-20)35(33,34)28-18-17-25(31)29-26(22-9-3-2-4-10-22)27(32)30-19-7-11-21-8-5-6-12-24(21)30/h2-6,8-10,12-16,26,28H,7,11,17-19H2,1H3,(H,29,31). The third-order valence-corrected chi connectivity index (χ3v) is 7.51. The second-order valence-corrected chi connectivity index (χ2v) is 10.4. The van der Waals surface area contributed by atoms with E-state index in [1.54, 1.807) is 29.2 Å². The third-order valence-electron chi connectivity index (χ3n) is 6.04. The van der Waals surface area contributed by atoms with Crippen LogP contribution in [0.4, 0.5) is 5.69 Å². The van der Waals surface area contributed by atoms with Crippen LogP contribution in [0.2, 0.25) is 0 Å². The number of para-hydroxylation sites is 1. The quantitative estimate of drug-likeness (QED) is 0.504. The molecule has 182 valence electrons. The number of amides is 2. The highest BCUT2D eigenvalue weighted by Gasteiger charge is 2.30. The first-order valence-corrected chi connectivity index (χ1v) is 13.1. The molecular formula is C27H29N3O4S. The molecule has 3 aromatic carbocycles. The summed E-state index contributed by atoms with van der Waals surface area (Å²) in [5, 5.41) is 2.83. The summed E-state index contributed by atoms with van der Waals surface area (Å²) in [4.78, 5) is 28.3. The van der Waals surface area contributed by atoms with Crippen molar-refractivity contribution in [2.45, 2.75) is 37.1 Å². The van der Waals surface area contributed by atoms with Crippen LogP contribution in [0.1, 0.15) is 35.6 Å². The molecule has 1 unspecified atom stereocenters. The maximum Gasteiger partial charge on any atom is 0.254 e. The number of sulfonamides is 1. The number of carbonyl (C=O) groups is 2. The Hall–Kier alpha value is -3.49. The molecule has 1 aliphatic heterocycles. The van der Waals surface area contributed by atoms with Crippen LogP contribution in [-0.4, -0.2) is 33.3 Å². The predicted molar refractivity (Wildman–Crippen MR) is 135 cm³/mol. The number of fused-ring (bicyclic) bond motifs is 1. The zero-order valence-corrected chi connectivity index (χ0v) is 20.4. The molecule has 0 saturated carbocycles. The Morgan fingerprint density at radius 2 is 1.63 bits per heavy atom. The van der Waals surface area contributed by atoms with Crippen molar-refractivity contribution < 1.29 is 18.0 Å². The van der Waals surface area contributed by atoms with Crippen molar-refractivity contribution in [1.29, 1.82) is 0 Å². The lowest BCUT2D eigenvalue weighted by Crippen LogP contribution is -2.45. The van der Waals surface area contributed by atoms with Gasteiger partial charge in [-0.05, 0) is 49.1 Å². The Morgan fingerprint density at radius 1 is 0.943 bits per heavy atom. The fraction of sp³-hybridized carbons (Fsp3) is 0.259. The molecule has 0 fully saturated rings. The average Bonchev–Trinajstić information content (AvgIpc) is 2.87. The number of aryl methyl sites for hydroxylation is 2. The van der Waals surface area contributed by atoms with E-state index in [-0.39, 0.29) is 23.8 Å². The van der Waals surface area contributed by atoms with E-state index in [0.29, 0.717) is 12.1 Å². The van der Waals surface area contributed by atoms with Crippen LogP contribution in [-0.2, 0) is 26.0 Å². The van der Waals surface area contributed by atoms with Gasteiger partial charge in [0.25, 0.3) is 5.91 Å².